The Morgan fingerprint density at radius 3 is 2.65 bits per heavy atom. The molecule has 1 aliphatic rings. The Morgan fingerprint density at radius 1 is 1.30 bits per heavy atom. The summed E-state index contributed by atoms with van der Waals surface area (Å²) in [5.74, 6) is 7.08. The highest BCUT2D eigenvalue weighted by Gasteiger charge is 2.18. The van der Waals surface area contributed by atoms with Crippen molar-refractivity contribution in [2.75, 3.05) is 12.0 Å². The van der Waals surface area contributed by atoms with Gasteiger partial charge >= 0.3 is 0 Å². The Morgan fingerprint density at radius 2 is 2.05 bits per heavy atom. The number of rotatable bonds is 5. The fourth-order valence-corrected chi connectivity index (χ4v) is 2.62. The number of carbonyl (C=O) groups excluding carboxylic acids is 1. The highest BCUT2D eigenvalue weighted by atomic mass is 16.1. The van der Waals surface area contributed by atoms with Crippen molar-refractivity contribution in [1.82, 2.24) is 15.3 Å². The van der Waals surface area contributed by atoms with Gasteiger partial charge in [-0.3, -0.25) is 4.79 Å². The summed E-state index contributed by atoms with van der Waals surface area (Å²) in [6.07, 6.45) is 9.12. The molecule has 6 nitrogen and oxygen atoms in total. The second-order valence-electron chi connectivity index (χ2n) is 5.60. The summed E-state index contributed by atoms with van der Waals surface area (Å²) in [4.78, 5) is 19.8. The van der Waals surface area contributed by atoms with E-state index in [9.17, 15) is 4.79 Å². The van der Waals surface area contributed by atoms with E-state index in [-0.39, 0.29) is 5.91 Å². The molecule has 0 bridgehead atoms. The molecule has 0 atom stereocenters. The second-order valence-corrected chi connectivity index (χ2v) is 5.60. The van der Waals surface area contributed by atoms with Gasteiger partial charge in [-0.25, -0.2) is 15.8 Å². The highest BCUT2D eigenvalue weighted by Crippen LogP contribution is 2.29. The second kappa shape index (κ2) is 7.19. The average Bonchev–Trinajstić information content (AvgIpc) is 2.49. The van der Waals surface area contributed by atoms with Crippen molar-refractivity contribution < 1.29 is 4.79 Å². The van der Waals surface area contributed by atoms with Crippen LogP contribution in [0.4, 0.5) is 5.82 Å². The quantitative estimate of drug-likeness (QED) is 0.563. The van der Waals surface area contributed by atoms with Crippen LogP contribution in [0.15, 0.2) is 12.4 Å². The minimum Gasteiger partial charge on any atom is -0.351 e. The molecule has 6 heteroatoms. The number of anilines is 1. The zero-order valence-corrected chi connectivity index (χ0v) is 11.9. The number of nitrogen functional groups attached to an aromatic ring is 1. The lowest BCUT2D eigenvalue weighted by atomic mass is 9.81. The fourth-order valence-electron chi connectivity index (χ4n) is 2.62. The van der Waals surface area contributed by atoms with Crippen LogP contribution in [-0.4, -0.2) is 22.4 Å². The maximum Gasteiger partial charge on any atom is 0.271 e. The lowest BCUT2D eigenvalue weighted by Crippen LogP contribution is -2.27. The van der Waals surface area contributed by atoms with E-state index in [1.54, 1.807) is 0 Å². The normalized spacial score (nSPS) is 22.3. The van der Waals surface area contributed by atoms with Crippen LogP contribution in [0.1, 0.15) is 49.5 Å². The maximum absolute atomic E-state index is 11.9. The number of hydrogen-bond acceptors (Lipinski definition) is 5. The summed E-state index contributed by atoms with van der Waals surface area (Å²) in [6, 6.07) is 0. The van der Waals surface area contributed by atoms with E-state index in [0.717, 1.165) is 18.3 Å². The van der Waals surface area contributed by atoms with Crippen LogP contribution in [0.2, 0.25) is 0 Å². The van der Waals surface area contributed by atoms with Crippen LogP contribution in [-0.2, 0) is 0 Å². The largest absolute Gasteiger partial charge is 0.351 e. The molecule has 1 aliphatic carbocycles. The molecule has 1 aromatic rings. The fraction of sp³-hybridized carbons (Fsp3) is 0.643. The van der Waals surface area contributed by atoms with Crippen LogP contribution in [0, 0.1) is 11.8 Å². The van der Waals surface area contributed by atoms with Gasteiger partial charge in [-0.2, -0.15) is 0 Å². The Labute approximate surface area is 119 Å². The van der Waals surface area contributed by atoms with Gasteiger partial charge in [0.25, 0.3) is 5.91 Å². The Bertz CT molecular complexity index is 426. The zero-order valence-electron chi connectivity index (χ0n) is 11.9. The summed E-state index contributed by atoms with van der Waals surface area (Å²) >= 11 is 0. The number of aromatic nitrogens is 2. The maximum atomic E-state index is 11.9. The zero-order chi connectivity index (χ0) is 14.4. The molecule has 0 aliphatic heterocycles. The summed E-state index contributed by atoms with van der Waals surface area (Å²) in [5, 5.41) is 2.90. The number of nitrogens with zero attached hydrogens (tertiary/aromatic N) is 2. The first-order valence-electron chi connectivity index (χ1n) is 7.26. The molecule has 1 amide bonds. The highest BCUT2D eigenvalue weighted by molar-refractivity contribution is 5.91. The van der Waals surface area contributed by atoms with E-state index in [1.165, 1.54) is 38.1 Å². The summed E-state index contributed by atoms with van der Waals surface area (Å²) in [6.45, 7) is 3.02. The third-order valence-electron chi connectivity index (χ3n) is 4.01. The van der Waals surface area contributed by atoms with Gasteiger partial charge in [-0.15, -0.1) is 0 Å². The summed E-state index contributed by atoms with van der Waals surface area (Å²) in [5.41, 5.74) is 2.70. The Hall–Kier alpha value is -1.69. The molecule has 0 spiro atoms. The molecule has 0 aromatic carbocycles. The summed E-state index contributed by atoms with van der Waals surface area (Å²) in [7, 11) is 0. The topological polar surface area (TPSA) is 92.9 Å². The van der Waals surface area contributed by atoms with Gasteiger partial charge in [0.2, 0.25) is 0 Å². The van der Waals surface area contributed by atoms with Gasteiger partial charge in [0.05, 0.1) is 12.4 Å². The number of hydrazine groups is 1. The molecule has 1 fully saturated rings. The van der Waals surface area contributed by atoms with Crippen molar-refractivity contribution in [3.63, 3.8) is 0 Å². The number of nitrogens with one attached hydrogen (secondary N) is 2. The van der Waals surface area contributed by atoms with Crippen LogP contribution in [0.3, 0.4) is 0 Å². The molecule has 1 aromatic heterocycles. The lowest BCUT2D eigenvalue weighted by molar-refractivity contribution is 0.0944. The van der Waals surface area contributed by atoms with Crippen molar-refractivity contribution >= 4 is 11.7 Å². The SMILES string of the molecule is CC1CCC(CCNC(=O)c2cnc(NN)cn2)CC1. The predicted octanol–water partition coefficient (Wildman–Crippen LogP) is 1.71. The van der Waals surface area contributed by atoms with E-state index in [2.05, 4.69) is 27.6 Å². The number of amides is 1. The number of hydrogen-bond donors (Lipinski definition) is 3. The minimum absolute atomic E-state index is 0.176. The lowest BCUT2D eigenvalue weighted by Gasteiger charge is -2.26. The van der Waals surface area contributed by atoms with Crippen LogP contribution >= 0.6 is 0 Å². The molecule has 0 radical (unpaired) electrons. The van der Waals surface area contributed by atoms with E-state index < -0.39 is 0 Å². The van der Waals surface area contributed by atoms with Crippen LogP contribution < -0.4 is 16.6 Å². The standard InChI is InChI=1S/C14H23N5O/c1-10-2-4-11(5-3-10)6-7-16-14(20)12-8-18-13(19-15)9-17-12/h8-11H,2-7,15H2,1H3,(H,16,20)(H,18,19). The van der Waals surface area contributed by atoms with Crippen LogP contribution in [0.25, 0.3) is 0 Å². The van der Waals surface area contributed by atoms with Gasteiger partial charge in [0, 0.05) is 6.54 Å². The number of nitrogens with two attached hydrogens (primary N) is 1. The molecule has 20 heavy (non-hydrogen) atoms. The average molecular weight is 277 g/mol. The minimum atomic E-state index is -0.176. The van der Waals surface area contributed by atoms with Crippen molar-refractivity contribution in [3.05, 3.63) is 18.1 Å². The molecule has 1 saturated carbocycles. The number of carbonyl (C=O) groups is 1. The van der Waals surface area contributed by atoms with E-state index in [1.807, 2.05) is 0 Å². The molecule has 110 valence electrons. The molecular formula is C14H23N5O. The van der Waals surface area contributed by atoms with Crippen molar-refractivity contribution in [1.29, 1.82) is 0 Å². The van der Waals surface area contributed by atoms with E-state index in [4.69, 9.17) is 5.84 Å². The molecule has 0 unspecified atom stereocenters. The monoisotopic (exact) mass is 277 g/mol. The van der Waals surface area contributed by atoms with Crippen molar-refractivity contribution in [2.45, 2.75) is 39.0 Å². The Balaban J connectivity index is 1.71. The molecular weight excluding hydrogens is 254 g/mol. The van der Waals surface area contributed by atoms with Gasteiger partial charge in [-0.1, -0.05) is 32.6 Å². The summed E-state index contributed by atoms with van der Waals surface area (Å²) < 4.78 is 0. The van der Waals surface area contributed by atoms with Crippen molar-refractivity contribution in [2.24, 2.45) is 17.7 Å². The van der Waals surface area contributed by atoms with Crippen LogP contribution in [0.5, 0.6) is 0 Å². The molecule has 2 rings (SSSR count). The van der Waals surface area contributed by atoms with Gasteiger partial charge in [-0.05, 0) is 18.3 Å². The van der Waals surface area contributed by atoms with E-state index in [0.29, 0.717) is 18.1 Å². The van der Waals surface area contributed by atoms with Gasteiger partial charge in [0.15, 0.2) is 5.82 Å². The molecule has 1 heterocycles. The van der Waals surface area contributed by atoms with Crippen molar-refractivity contribution in [3.8, 4) is 0 Å². The van der Waals surface area contributed by atoms with Gasteiger partial charge in [0.1, 0.15) is 5.69 Å². The molecule has 0 saturated heterocycles. The third kappa shape index (κ3) is 4.16. The first-order valence-corrected chi connectivity index (χ1v) is 7.26. The predicted molar refractivity (Wildman–Crippen MR) is 77.9 cm³/mol. The molecule has 4 N–H and O–H groups in total. The first kappa shape index (κ1) is 14.7. The Kier molecular flexibility index (Phi) is 5.29. The first-order chi connectivity index (χ1) is 9.69. The third-order valence-corrected chi connectivity index (χ3v) is 4.01. The van der Waals surface area contributed by atoms with E-state index >= 15 is 0 Å². The van der Waals surface area contributed by atoms with Gasteiger partial charge < -0.3 is 10.7 Å². The smallest absolute Gasteiger partial charge is 0.271 e.